The maximum Gasteiger partial charge on any atom is 0.238 e. The maximum atomic E-state index is 13.0. The van der Waals surface area contributed by atoms with Crippen LogP contribution in [-0.4, -0.2) is 28.0 Å². The molecule has 1 heterocycles. The lowest BCUT2D eigenvalue weighted by atomic mass is 10.3. The lowest BCUT2D eigenvalue weighted by Crippen LogP contribution is -2.25. The van der Waals surface area contributed by atoms with Crippen molar-refractivity contribution in [1.29, 1.82) is 0 Å². The molecule has 0 bridgehead atoms. The zero-order chi connectivity index (χ0) is 17.7. The summed E-state index contributed by atoms with van der Waals surface area (Å²) >= 11 is 6.98. The molecule has 1 aromatic heterocycles. The molecule has 1 atom stereocenters. The van der Waals surface area contributed by atoms with Crippen LogP contribution in [0.15, 0.2) is 28.8 Å². The first-order valence-corrected chi connectivity index (χ1v) is 8.38. The fraction of sp³-hybridized carbons (Fsp3) is 0.267. The Balaban J connectivity index is 1.81. The number of carbonyl (C=O) groups is 2. The molecule has 2 N–H and O–H groups in total. The molecule has 0 spiro atoms. The van der Waals surface area contributed by atoms with Crippen LogP contribution in [0.3, 0.4) is 0 Å². The Morgan fingerprint density at radius 2 is 2.12 bits per heavy atom. The average molecular weight is 372 g/mol. The number of halogens is 2. The van der Waals surface area contributed by atoms with E-state index in [0.717, 1.165) is 17.8 Å². The first-order chi connectivity index (χ1) is 11.3. The lowest BCUT2D eigenvalue weighted by Gasteiger charge is -2.11. The van der Waals surface area contributed by atoms with Crippen molar-refractivity contribution < 1.29 is 18.5 Å². The van der Waals surface area contributed by atoms with Crippen molar-refractivity contribution in [3.8, 4) is 0 Å². The molecular weight excluding hydrogens is 357 g/mol. The minimum Gasteiger partial charge on any atom is -0.360 e. The van der Waals surface area contributed by atoms with Gasteiger partial charge in [0.2, 0.25) is 11.8 Å². The van der Waals surface area contributed by atoms with Gasteiger partial charge in [-0.25, -0.2) is 4.39 Å². The monoisotopic (exact) mass is 371 g/mol. The number of anilines is 2. The van der Waals surface area contributed by atoms with E-state index in [9.17, 15) is 14.0 Å². The van der Waals surface area contributed by atoms with Crippen molar-refractivity contribution in [2.75, 3.05) is 16.4 Å². The van der Waals surface area contributed by atoms with Crippen LogP contribution >= 0.6 is 23.4 Å². The van der Waals surface area contributed by atoms with Gasteiger partial charge in [0.15, 0.2) is 5.82 Å². The van der Waals surface area contributed by atoms with Crippen LogP contribution in [0.25, 0.3) is 0 Å². The molecule has 0 aliphatic rings. The van der Waals surface area contributed by atoms with Gasteiger partial charge in [0, 0.05) is 6.07 Å². The number of rotatable bonds is 6. The van der Waals surface area contributed by atoms with E-state index in [0.29, 0.717) is 17.3 Å². The van der Waals surface area contributed by atoms with E-state index in [1.807, 2.05) is 0 Å². The number of aromatic nitrogens is 1. The van der Waals surface area contributed by atoms with Crippen molar-refractivity contribution in [2.24, 2.45) is 0 Å². The summed E-state index contributed by atoms with van der Waals surface area (Å²) < 4.78 is 17.8. The highest BCUT2D eigenvalue weighted by Crippen LogP contribution is 2.23. The van der Waals surface area contributed by atoms with Crippen LogP contribution in [0.1, 0.15) is 12.7 Å². The molecule has 6 nitrogen and oxygen atoms in total. The highest BCUT2D eigenvalue weighted by molar-refractivity contribution is 8.01. The average Bonchev–Trinajstić information content (AvgIpc) is 2.92. The van der Waals surface area contributed by atoms with Crippen LogP contribution in [0.5, 0.6) is 0 Å². The third kappa shape index (κ3) is 5.24. The summed E-state index contributed by atoms with van der Waals surface area (Å²) in [6, 6.07) is 5.28. The zero-order valence-electron chi connectivity index (χ0n) is 12.9. The highest BCUT2D eigenvalue weighted by atomic mass is 35.5. The summed E-state index contributed by atoms with van der Waals surface area (Å²) in [5.41, 5.74) is 0.318. The number of amides is 2. The molecule has 0 aliphatic carbocycles. The van der Waals surface area contributed by atoms with Crippen molar-refractivity contribution >= 4 is 46.7 Å². The molecule has 0 saturated carbocycles. The number of nitrogens with one attached hydrogen (secondary N) is 2. The second-order valence-corrected chi connectivity index (χ2v) is 6.67. The maximum absolute atomic E-state index is 13.0. The number of thioether (sulfide) groups is 1. The molecule has 0 saturated heterocycles. The zero-order valence-corrected chi connectivity index (χ0v) is 14.5. The fourth-order valence-electron chi connectivity index (χ4n) is 1.71. The lowest BCUT2D eigenvalue weighted by molar-refractivity contribution is -0.115. The summed E-state index contributed by atoms with van der Waals surface area (Å²) in [4.78, 5) is 23.9. The van der Waals surface area contributed by atoms with Gasteiger partial charge in [0.1, 0.15) is 11.6 Å². The highest BCUT2D eigenvalue weighted by Gasteiger charge is 2.17. The predicted molar refractivity (Wildman–Crippen MR) is 91.8 cm³/mol. The van der Waals surface area contributed by atoms with Crippen molar-refractivity contribution in [1.82, 2.24) is 5.16 Å². The Morgan fingerprint density at radius 3 is 2.75 bits per heavy atom. The van der Waals surface area contributed by atoms with Gasteiger partial charge < -0.3 is 15.2 Å². The van der Waals surface area contributed by atoms with Crippen molar-refractivity contribution in [2.45, 2.75) is 19.1 Å². The topological polar surface area (TPSA) is 84.2 Å². The van der Waals surface area contributed by atoms with Crippen LogP contribution < -0.4 is 10.6 Å². The predicted octanol–water partition coefficient (Wildman–Crippen LogP) is 3.47. The molecule has 9 heteroatoms. The van der Waals surface area contributed by atoms with Gasteiger partial charge in [-0.15, -0.1) is 11.8 Å². The van der Waals surface area contributed by atoms with Gasteiger partial charge >= 0.3 is 0 Å². The van der Waals surface area contributed by atoms with Gasteiger partial charge in [-0.1, -0.05) is 16.8 Å². The van der Waals surface area contributed by atoms with E-state index >= 15 is 0 Å². The first-order valence-electron chi connectivity index (χ1n) is 6.96. The molecule has 1 unspecified atom stereocenters. The summed E-state index contributed by atoms with van der Waals surface area (Å²) in [6.07, 6.45) is 0. The molecule has 2 rings (SSSR count). The van der Waals surface area contributed by atoms with E-state index in [1.165, 1.54) is 12.1 Å². The van der Waals surface area contributed by atoms with Gasteiger partial charge in [-0.05, 0) is 32.0 Å². The third-order valence-electron chi connectivity index (χ3n) is 2.92. The Morgan fingerprint density at radius 1 is 1.38 bits per heavy atom. The molecule has 0 radical (unpaired) electrons. The van der Waals surface area contributed by atoms with Gasteiger partial charge in [0.05, 0.1) is 21.7 Å². The molecule has 2 amide bonds. The summed E-state index contributed by atoms with van der Waals surface area (Å²) in [5, 5.41) is 8.46. The number of hydrogen-bond donors (Lipinski definition) is 2. The summed E-state index contributed by atoms with van der Waals surface area (Å²) in [5.74, 6) is -0.166. The Labute approximate surface area is 147 Å². The van der Waals surface area contributed by atoms with E-state index in [2.05, 4.69) is 15.8 Å². The molecule has 2 aromatic rings. The molecule has 0 fully saturated rings. The largest absolute Gasteiger partial charge is 0.360 e. The van der Waals surface area contributed by atoms with E-state index < -0.39 is 11.1 Å². The number of carbonyl (C=O) groups excluding carboxylic acids is 2. The van der Waals surface area contributed by atoms with Gasteiger partial charge in [-0.3, -0.25) is 9.59 Å². The number of benzene rings is 1. The summed E-state index contributed by atoms with van der Waals surface area (Å²) in [7, 11) is 0. The molecule has 128 valence electrons. The minimum absolute atomic E-state index is 0.0418. The molecular formula is C15H15ClFN3O3S. The van der Waals surface area contributed by atoms with Crippen LogP contribution in [0.4, 0.5) is 15.9 Å². The first kappa shape index (κ1) is 18.3. The molecule has 0 aliphatic heterocycles. The standard InChI is InChI=1S/C15H15ClFN3O3S/c1-8-5-13(20-23-8)19-15(22)9(2)24-7-14(21)18-12-4-3-10(17)6-11(12)16/h3-6,9H,7H2,1-2H3,(H,18,21)(H,19,20,22). The SMILES string of the molecule is Cc1cc(NC(=O)C(C)SCC(=O)Nc2ccc(F)cc2Cl)no1. The van der Waals surface area contributed by atoms with Crippen molar-refractivity contribution in [3.63, 3.8) is 0 Å². The third-order valence-corrected chi connectivity index (χ3v) is 4.37. The van der Waals surface area contributed by atoms with E-state index in [4.69, 9.17) is 16.1 Å². The minimum atomic E-state index is -0.485. The smallest absolute Gasteiger partial charge is 0.238 e. The fourth-order valence-corrected chi connectivity index (χ4v) is 2.61. The number of nitrogens with zero attached hydrogens (tertiary/aromatic N) is 1. The van der Waals surface area contributed by atoms with Gasteiger partial charge in [-0.2, -0.15) is 0 Å². The van der Waals surface area contributed by atoms with E-state index in [-0.39, 0.29) is 22.6 Å². The van der Waals surface area contributed by atoms with E-state index in [1.54, 1.807) is 19.9 Å². The van der Waals surface area contributed by atoms with Crippen LogP contribution in [-0.2, 0) is 9.59 Å². The Hall–Kier alpha value is -2.06. The molecule has 24 heavy (non-hydrogen) atoms. The summed E-state index contributed by atoms with van der Waals surface area (Å²) in [6.45, 7) is 3.39. The van der Waals surface area contributed by atoms with Crippen LogP contribution in [0.2, 0.25) is 5.02 Å². The number of aryl methyl sites for hydroxylation is 1. The normalized spacial score (nSPS) is 11.8. The Kier molecular flexibility index (Phi) is 6.22. The second kappa shape index (κ2) is 8.16. The van der Waals surface area contributed by atoms with Crippen molar-refractivity contribution in [3.05, 3.63) is 40.9 Å². The molecule has 1 aromatic carbocycles. The Bertz CT molecular complexity index is 753. The number of hydrogen-bond acceptors (Lipinski definition) is 5. The second-order valence-electron chi connectivity index (χ2n) is 4.94. The van der Waals surface area contributed by atoms with Crippen LogP contribution in [0, 0.1) is 12.7 Å². The van der Waals surface area contributed by atoms with Gasteiger partial charge in [0.25, 0.3) is 0 Å². The quantitative estimate of drug-likeness (QED) is 0.812.